The fourth-order valence-electron chi connectivity index (χ4n) is 1.92. The largest absolute Gasteiger partial charge is 0.368 e. The van der Waals surface area contributed by atoms with Gasteiger partial charge in [-0.05, 0) is 31.7 Å². The van der Waals surface area contributed by atoms with Crippen LogP contribution in [0.25, 0.3) is 0 Å². The van der Waals surface area contributed by atoms with E-state index in [-0.39, 0.29) is 6.10 Å². The monoisotopic (exact) mass is 211 g/mol. The molecule has 1 aliphatic heterocycles. The molecule has 3 unspecified atom stereocenters. The molecule has 1 aromatic heterocycles. The maximum Gasteiger partial charge on any atom is 0.104 e. The van der Waals surface area contributed by atoms with Crippen molar-refractivity contribution in [2.24, 2.45) is 0 Å². The highest BCUT2D eigenvalue weighted by atomic mass is 32.1. The first kappa shape index (κ1) is 10.1. The third-order valence-electron chi connectivity index (χ3n) is 2.59. The van der Waals surface area contributed by atoms with E-state index >= 15 is 0 Å². The highest BCUT2D eigenvalue weighted by Crippen LogP contribution is 2.26. The Morgan fingerprint density at radius 1 is 1.50 bits per heavy atom. The molecule has 0 aromatic carbocycles. The van der Waals surface area contributed by atoms with Gasteiger partial charge in [-0.3, -0.25) is 0 Å². The molecule has 0 amide bonds. The van der Waals surface area contributed by atoms with Crippen LogP contribution in [0, 0.1) is 0 Å². The molecule has 2 nitrogen and oxygen atoms in total. The van der Waals surface area contributed by atoms with E-state index in [1.807, 2.05) is 0 Å². The zero-order valence-corrected chi connectivity index (χ0v) is 9.51. The van der Waals surface area contributed by atoms with Gasteiger partial charge in [-0.2, -0.15) is 0 Å². The fourth-order valence-corrected chi connectivity index (χ4v) is 2.68. The molecule has 2 rings (SSSR count). The fraction of sp³-hybridized carbons (Fsp3) is 0.636. The molecule has 1 aromatic rings. The number of hydrogen-bond donors (Lipinski definition) is 1. The summed E-state index contributed by atoms with van der Waals surface area (Å²) >= 11 is 1.78. The van der Waals surface area contributed by atoms with Gasteiger partial charge in [-0.15, -0.1) is 11.3 Å². The van der Waals surface area contributed by atoms with Crippen molar-refractivity contribution in [1.82, 2.24) is 5.32 Å². The smallest absolute Gasteiger partial charge is 0.104 e. The van der Waals surface area contributed by atoms with Crippen LogP contribution in [0.1, 0.15) is 31.2 Å². The molecule has 78 valence electrons. The van der Waals surface area contributed by atoms with E-state index < -0.39 is 0 Å². The number of ether oxygens (including phenoxy) is 1. The van der Waals surface area contributed by atoms with Gasteiger partial charge in [-0.1, -0.05) is 6.07 Å². The summed E-state index contributed by atoms with van der Waals surface area (Å²) in [6, 6.07) is 4.80. The van der Waals surface area contributed by atoms with E-state index in [2.05, 4.69) is 36.7 Å². The Hall–Kier alpha value is -0.380. The molecule has 1 fully saturated rings. The second-order valence-corrected chi connectivity index (χ2v) is 4.98. The Kier molecular flexibility index (Phi) is 3.21. The maximum atomic E-state index is 5.97. The number of thiophene rings is 1. The van der Waals surface area contributed by atoms with Crippen molar-refractivity contribution >= 4 is 11.3 Å². The molecular weight excluding hydrogens is 194 g/mol. The highest BCUT2D eigenvalue weighted by Gasteiger charge is 2.22. The minimum atomic E-state index is 0.245. The van der Waals surface area contributed by atoms with Crippen LogP contribution in [0.3, 0.4) is 0 Å². The predicted molar refractivity (Wildman–Crippen MR) is 59.7 cm³/mol. The first-order chi connectivity index (χ1) is 6.75. The summed E-state index contributed by atoms with van der Waals surface area (Å²) in [6.07, 6.45) is 1.70. The molecule has 1 N–H and O–H groups in total. The van der Waals surface area contributed by atoms with Gasteiger partial charge in [0.25, 0.3) is 0 Å². The summed E-state index contributed by atoms with van der Waals surface area (Å²) in [5.74, 6) is 0. The summed E-state index contributed by atoms with van der Waals surface area (Å²) in [6.45, 7) is 5.31. The van der Waals surface area contributed by atoms with Crippen LogP contribution in [0.2, 0.25) is 0 Å². The summed E-state index contributed by atoms with van der Waals surface area (Å²) < 4.78 is 5.97. The molecule has 3 heteroatoms. The Morgan fingerprint density at radius 2 is 2.36 bits per heavy atom. The van der Waals surface area contributed by atoms with Crippen molar-refractivity contribution in [1.29, 1.82) is 0 Å². The summed E-state index contributed by atoms with van der Waals surface area (Å²) in [7, 11) is 0. The molecule has 3 atom stereocenters. The van der Waals surface area contributed by atoms with Crippen molar-refractivity contribution in [3.8, 4) is 0 Å². The lowest BCUT2D eigenvalue weighted by Crippen LogP contribution is -2.27. The average Bonchev–Trinajstić information content (AvgIpc) is 2.59. The quantitative estimate of drug-likeness (QED) is 0.771. The van der Waals surface area contributed by atoms with Crippen LogP contribution in [-0.2, 0) is 4.74 Å². The third-order valence-corrected chi connectivity index (χ3v) is 3.56. The van der Waals surface area contributed by atoms with Gasteiger partial charge in [-0.25, -0.2) is 0 Å². The van der Waals surface area contributed by atoms with Gasteiger partial charge >= 0.3 is 0 Å². The summed E-state index contributed by atoms with van der Waals surface area (Å²) in [4.78, 5) is 1.33. The minimum absolute atomic E-state index is 0.245. The average molecular weight is 211 g/mol. The van der Waals surface area contributed by atoms with Crippen molar-refractivity contribution < 1.29 is 4.74 Å². The molecule has 1 saturated heterocycles. The zero-order chi connectivity index (χ0) is 9.97. The van der Waals surface area contributed by atoms with Crippen molar-refractivity contribution in [3.63, 3.8) is 0 Å². The molecule has 0 saturated carbocycles. The van der Waals surface area contributed by atoms with E-state index in [4.69, 9.17) is 4.74 Å². The van der Waals surface area contributed by atoms with Gasteiger partial charge in [0.2, 0.25) is 0 Å². The molecular formula is C11H17NOS. The Bertz CT molecular complexity index is 273. The van der Waals surface area contributed by atoms with Crippen LogP contribution < -0.4 is 5.32 Å². The zero-order valence-electron chi connectivity index (χ0n) is 8.69. The summed E-state index contributed by atoms with van der Waals surface area (Å²) in [5, 5.41) is 5.60. The van der Waals surface area contributed by atoms with Gasteiger partial charge in [0.15, 0.2) is 0 Å². The Morgan fingerprint density at radius 3 is 3.07 bits per heavy atom. The number of hydrogen-bond acceptors (Lipinski definition) is 3. The predicted octanol–water partition coefficient (Wildman–Crippen LogP) is 2.58. The molecule has 0 spiro atoms. The normalized spacial score (nSPS) is 34.0. The van der Waals surface area contributed by atoms with Crippen LogP contribution in [0.5, 0.6) is 0 Å². The molecule has 14 heavy (non-hydrogen) atoms. The minimum Gasteiger partial charge on any atom is -0.368 e. The van der Waals surface area contributed by atoms with Gasteiger partial charge < -0.3 is 10.1 Å². The first-order valence-corrected chi connectivity index (χ1v) is 6.06. The van der Waals surface area contributed by atoms with Gasteiger partial charge in [0, 0.05) is 17.5 Å². The Balaban J connectivity index is 2.06. The molecule has 0 bridgehead atoms. The second-order valence-electron chi connectivity index (χ2n) is 4.00. The molecule has 2 heterocycles. The number of nitrogens with one attached hydrogen (secondary N) is 1. The molecule has 0 radical (unpaired) electrons. The lowest BCUT2D eigenvalue weighted by molar-refractivity contribution is 0.00912. The molecule has 0 aliphatic carbocycles. The third kappa shape index (κ3) is 2.35. The van der Waals surface area contributed by atoms with Crippen LogP contribution in [-0.4, -0.2) is 18.7 Å². The van der Waals surface area contributed by atoms with E-state index in [0.29, 0.717) is 12.1 Å². The lowest BCUT2D eigenvalue weighted by Gasteiger charge is -2.16. The van der Waals surface area contributed by atoms with E-state index in [1.54, 1.807) is 11.3 Å². The highest BCUT2D eigenvalue weighted by molar-refractivity contribution is 7.10. The summed E-state index contributed by atoms with van der Waals surface area (Å²) in [5.41, 5.74) is 0. The van der Waals surface area contributed by atoms with Gasteiger partial charge in [0.05, 0.1) is 6.10 Å². The maximum absolute atomic E-state index is 5.97. The van der Waals surface area contributed by atoms with Crippen molar-refractivity contribution in [3.05, 3.63) is 22.4 Å². The topological polar surface area (TPSA) is 21.3 Å². The van der Waals surface area contributed by atoms with Crippen molar-refractivity contribution in [2.75, 3.05) is 6.54 Å². The van der Waals surface area contributed by atoms with Crippen molar-refractivity contribution in [2.45, 2.75) is 38.5 Å². The number of rotatable bonds is 1. The van der Waals surface area contributed by atoms with Crippen LogP contribution in [0.15, 0.2) is 17.5 Å². The van der Waals surface area contributed by atoms with Gasteiger partial charge in [0.1, 0.15) is 6.10 Å². The van der Waals surface area contributed by atoms with Crippen LogP contribution in [0.4, 0.5) is 0 Å². The molecule has 1 aliphatic rings. The first-order valence-electron chi connectivity index (χ1n) is 5.18. The standard InChI is InChI=1S/C11H17NOS/c1-8-6-9(2)13-10(7-12-8)11-4-3-5-14-11/h3-5,8-10,12H,6-7H2,1-2H3. The lowest BCUT2D eigenvalue weighted by atomic mass is 10.2. The van der Waals surface area contributed by atoms with E-state index in [1.165, 1.54) is 4.88 Å². The second kappa shape index (κ2) is 4.43. The van der Waals surface area contributed by atoms with E-state index in [9.17, 15) is 0 Å². The van der Waals surface area contributed by atoms with E-state index in [0.717, 1.165) is 13.0 Å². The Labute approximate surface area is 89.3 Å². The SMILES string of the molecule is CC1CC(C)OC(c2cccs2)CN1. The van der Waals surface area contributed by atoms with Crippen LogP contribution >= 0.6 is 11.3 Å².